The predicted octanol–water partition coefficient (Wildman–Crippen LogP) is 2.98. The monoisotopic (exact) mass is 235 g/mol. The highest BCUT2D eigenvalue weighted by Gasteiger charge is 2.35. The summed E-state index contributed by atoms with van der Waals surface area (Å²) < 4.78 is 28.3. The molecule has 1 aliphatic heterocycles. The normalized spacial score (nSPS) is 27.6. The van der Waals surface area contributed by atoms with E-state index in [2.05, 4.69) is 37.3 Å². The fourth-order valence-electron chi connectivity index (χ4n) is 2.56. The van der Waals surface area contributed by atoms with Gasteiger partial charge in [-0.1, -0.05) is 13.8 Å². The third-order valence-corrected chi connectivity index (χ3v) is 3.36. The van der Waals surface area contributed by atoms with Crippen LogP contribution in [-0.2, 0) is 4.74 Å². The molecule has 0 radical (unpaired) electrons. The van der Waals surface area contributed by atoms with Gasteiger partial charge in [-0.15, -0.1) is 0 Å². The van der Waals surface area contributed by atoms with E-state index in [1.807, 2.05) is 0 Å². The average molecular weight is 235 g/mol. The summed E-state index contributed by atoms with van der Waals surface area (Å²) in [6, 6.07) is 0.982. The highest BCUT2D eigenvalue weighted by Crippen LogP contribution is 2.30. The molecule has 4 heteroatoms. The molecule has 2 nitrogen and oxygen atoms in total. The van der Waals surface area contributed by atoms with Crippen LogP contribution < -0.4 is 0 Å². The molecule has 1 aliphatic rings. The van der Waals surface area contributed by atoms with Crippen molar-refractivity contribution in [3.63, 3.8) is 0 Å². The van der Waals surface area contributed by atoms with Crippen LogP contribution in [0.3, 0.4) is 0 Å². The zero-order chi connectivity index (χ0) is 12.3. The van der Waals surface area contributed by atoms with E-state index in [4.69, 9.17) is 0 Å². The zero-order valence-electron chi connectivity index (χ0n) is 10.6. The van der Waals surface area contributed by atoms with Crippen molar-refractivity contribution in [2.45, 2.75) is 52.8 Å². The Morgan fingerprint density at radius 1 is 1.25 bits per heavy atom. The lowest BCUT2D eigenvalue weighted by Crippen LogP contribution is -2.38. The van der Waals surface area contributed by atoms with E-state index >= 15 is 0 Å². The summed E-state index contributed by atoms with van der Waals surface area (Å²) in [4.78, 5) is 2.41. The first-order valence-corrected chi connectivity index (χ1v) is 6.07. The molecule has 96 valence electrons. The van der Waals surface area contributed by atoms with Crippen molar-refractivity contribution in [3.8, 4) is 0 Å². The van der Waals surface area contributed by atoms with Gasteiger partial charge in [-0.05, 0) is 32.1 Å². The summed E-state index contributed by atoms with van der Waals surface area (Å²) in [7, 11) is 0. The van der Waals surface area contributed by atoms with Gasteiger partial charge in [-0.3, -0.25) is 4.90 Å². The molecule has 1 rings (SSSR count). The van der Waals surface area contributed by atoms with Crippen molar-refractivity contribution >= 4 is 0 Å². The van der Waals surface area contributed by atoms with Gasteiger partial charge in [0.2, 0.25) is 0 Å². The minimum Gasteiger partial charge on any atom is -0.323 e. The lowest BCUT2D eigenvalue weighted by Gasteiger charge is -2.30. The van der Waals surface area contributed by atoms with Crippen molar-refractivity contribution < 1.29 is 13.5 Å². The second-order valence-corrected chi connectivity index (χ2v) is 5.30. The highest BCUT2D eigenvalue weighted by molar-refractivity contribution is 4.88. The number of hydrogen-bond acceptors (Lipinski definition) is 2. The molecular formula is C12H23F2NO. The van der Waals surface area contributed by atoms with Gasteiger partial charge in [0.15, 0.2) is 0 Å². The smallest absolute Gasteiger partial charge is 0.323 e. The minimum atomic E-state index is -2.63. The number of hydrogen-bond donors (Lipinski definition) is 0. The first kappa shape index (κ1) is 13.8. The second-order valence-electron chi connectivity index (χ2n) is 5.30. The van der Waals surface area contributed by atoms with Crippen LogP contribution in [0, 0.1) is 11.8 Å². The summed E-state index contributed by atoms with van der Waals surface area (Å²) in [5.41, 5.74) is 0. The maximum atomic E-state index is 12.0. The molecule has 0 saturated carbocycles. The van der Waals surface area contributed by atoms with E-state index in [-0.39, 0.29) is 12.5 Å². The quantitative estimate of drug-likeness (QED) is 0.726. The van der Waals surface area contributed by atoms with Crippen molar-refractivity contribution in [2.75, 3.05) is 13.2 Å². The van der Waals surface area contributed by atoms with Gasteiger partial charge in [-0.2, -0.15) is 8.78 Å². The van der Waals surface area contributed by atoms with Gasteiger partial charge in [0.1, 0.15) is 0 Å². The number of likely N-dealkylation sites (tertiary alicyclic amines) is 1. The minimum absolute atomic E-state index is 0.185. The fourth-order valence-corrected chi connectivity index (χ4v) is 2.56. The third kappa shape index (κ3) is 3.67. The van der Waals surface area contributed by atoms with E-state index in [0.717, 1.165) is 13.0 Å². The molecule has 1 heterocycles. The molecule has 0 aliphatic carbocycles. The van der Waals surface area contributed by atoms with E-state index in [0.29, 0.717) is 18.0 Å². The number of alkyl halides is 2. The molecule has 0 aromatic carbocycles. The van der Waals surface area contributed by atoms with Crippen LogP contribution in [0.1, 0.15) is 34.1 Å². The molecule has 0 amide bonds. The SMILES string of the molecule is CC(C)[C@@H]1CC(COC(F)F)CN1C(C)C. The molecule has 1 fully saturated rings. The van der Waals surface area contributed by atoms with Gasteiger partial charge in [0.25, 0.3) is 0 Å². The fraction of sp³-hybridized carbons (Fsp3) is 1.00. The lowest BCUT2D eigenvalue weighted by molar-refractivity contribution is -0.137. The van der Waals surface area contributed by atoms with Crippen LogP contribution >= 0.6 is 0 Å². The van der Waals surface area contributed by atoms with Crippen molar-refractivity contribution in [1.29, 1.82) is 0 Å². The van der Waals surface area contributed by atoms with Gasteiger partial charge >= 0.3 is 6.61 Å². The lowest BCUT2D eigenvalue weighted by atomic mass is 9.97. The molecule has 2 atom stereocenters. The number of rotatable bonds is 5. The van der Waals surface area contributed by atoms with E-state index in [9.17, 15) is 8.78 Å². The molecule has 0 spiro atoms. The van der Waals surface area contributed by atoms with Gasteiger partial charge in [0, 0.05) is 18.6 Å². The summed E-state index contributed by atoms with van der Waals surface area (Å²) >= 11 is 0. The molecule has 0 aromatic heterocycles. The maximum absolute atomic E-state index is 12.0. The van der Waals surface area contributed by atoms with Crippen molar-refractivity contribution in [1.82, 2.24) is 4.90 Å². The maximum Gasteiger partial charge on any atom is 0.345 e. The molecule has 0 aromatic rings. The summed E-state index contributed by atoms with van der Waals surface area (Å²) in [5, 5.41) is 0. The number of halogens is 2. The molecule has 1 saturated heterocycles. The van der Waals surface area contributed by atoms with Gasteiger partial charge in [-0.25, -0.2) is 0 Å². The van der Waals surface area contributed by atoms with Crippen LogP contribution in [-0.4, -0.2) is 36.7 Å². The summed E-state index contributed by atoms with van der Waals surface area (Å²) in [5.74, 6) is 0.822. The van der Waals surface area contributed by atoms with E-state index < -0.39 is 6.61 Å². The van der Waals surface area contributed by atoms with Crippen LogP contribution in [0.25, 0.3) is 0 Å². The Balaban J connectivity index is 2.48. The average Bonchev–Trinajstić information content (AvgIpc) is 2.58. The predicted molar refractivity (Wildman–Crippen MR) is 60.5 cm³/mol. The topological polar surface area (TPSA) is 12.5 Å². The Bertz CT molecular complexity index is 193. The van der Waals surface area contributed by atoms with Gasteiger partial charge < -0.3 is 4.74 Å². The Morgan fingerprint density at radius 3 is 2.25 bits per heavy atom. The number of nitrogens with zero attached hydrogens (tertiary/aromatic N) is 1. The zero-order valence-corrected chi connectivity index (χ0v) is 10.6. The van der Waals surface area contributed by atoms with Crippen LogP contribution in [0.2, 0.25) is 0 Å². The van der Waals surface area contributed by atoms with Crippen LogP contribution in [0.15, 0.2) is 0 Å². The van der Waals surface area contributed by atoms with Gasteiger partial charge in [0.05, 0.1) is 6.61 Å². The largest absolute Gasteiger partial charge is 0.345 e. The molecule has 0 bridgehead atoms. The van der Waals surface area contributed by atoms with E-state index in [1.165, 1.54) is 0 Å². The first-order valence-electron chi connectivity index (χ1n) is 6.07. The Morgan fingerprint density at radius 2 is 1.88 bits per heavy atom. The molecule has 16 heavy (non-hydrogen) atoms. The first-order chi connectivity index (χ1) is 7.41. The summed E-state index contributed by atoms with van der Waals surface area (Å²) in [6.45, 7) is 7.13. The third-order valence-electron chi connectivity index (χ3n) is 3.36. The van der Waals surface area contributed by atoms with Crippen molar-refractivity contribution in [3.05, 3.63) is 0 Å². The van der Waals surface area contributed by atoms with E-state index in [1.54, 1.807) is 0 Å². The van der Waals surface area contributed by atoms with Crippen molar-refractivity contribution in [2.24, 2.45) is 11.8 Å². The Hall–Kier alpha value is -0.220. The van der Waals surface area contributed by atoms with Crippen LogP contribution in [0.5, 0.6) is 0 Å². The number of ether oxygens (including phenoxy) is 1. The second kappa shape index (κ2) is 5.92. The van der Waals surface area contributed by atoms with Crippen LogP contribution in [0.4, 0.5) is 8.78 Å². The Kier molecular flexibility index (Phi) is 5.12. The molecule has 0 N–H and O–H groups in total. The summed E-state index contributed by atoms with van der Waals surface area (Å²) in [6.07, 6.45) is 0.975. The molecular weight excluding hydrogens is 212 g/mol. The standard InChI is InChI=1S/C12H23F2NO/c1-8(2)11-5-10(7-16-12(13)14)6-15(11)9(3)4/h8-12H,5-7H2,1-4H3/t10?,11-/m0/s1. The molecule has 1 unspecified atom stereocenters. The highest BCUT2D eigenvalue weighted by atomic mass is 19.3. The Labute approximate surface area is 97.0 Å².